The van der Waals surface area contributed by atoms with Crippen LogP contribution in [0.5, 0.6) is 0 Å². The summed E-state index contributed by atoms with van der Waals surface area (Å²) < 4.78 is 5.10. The van der Waals surface area contributed by atoms with Crippen molar-refractivity contribution in [2.45, 2.75) is 13.0 Å². The highest BCUT2D eigenvalue weighted by molar-refractivity contribution is 5.89. The molecule has 1 aromatic heterocycles. The van der Waals surface area contributed by atoms with Gasteiger partial charge in [-0.15, -0.1) is 0 Å². The van der Waals surface area contributed by atoms with Crippen molar-refractivity contribution in [1.82, 2.24) is 5.32 Å². The van der Waals surface area contributed by atoms with Gasteiger partial charge in [0.25, 0.3) is 0 Å². The molecule has 0 unspecified atom stereocenters. The Hall–Kier alpha value is -2.74. The van der Waals surface area contributed by atoms with Gasteiger partial charge in [0.1, 0.15) is 5.76 Å². The third-order valence-electron chi connectivity index (χ3n) is 2.50. The van der Waals surface area contributed by atoms with Gasteiger partial charge in [-0.05, 0) is 29.8 Å². The number of carbonyl (C=O) groups excluding carboxylic acids is 1. The predicted octanol–water partition coefficient (Wildman–Crippen LogP) is 2.67. The van der Waals surface area contributed by atoms with Gasteiger partial charge in [0, 0.05) is 5.69 Å². The van der Waals surface area contributed by atoms with Crippen LogP contribution in [0.4, 0.5) is 10.5 Å². The Bertz CT molecular complexity index is 568. The number of hydrogen-bond donors (Lipinski definition) is 2. The molecule has 2 N–H and O–H groups in total. The van der Waals surface area contributed by atoms with Crippen LogP contribution < -0.4 is 10.6 Å². The van der Waals surface area contributed by atoms with Gasteiger partial charge in [-0.3, -0.25) is 0 Å². The molecule has 96 valence electrons. The van der Waals surface area contributed by atoms with Crippen molar-refractivity contribution in [3.8, 4) is 6.07 Å². The molecule has 0 spiro atoms. The Morgan fingerprint density at radius 2 is 2.05 bits per heavy atom. The molecule has 1 heterocycles. The number of furan rings is 1. The lowest BCUT2D eigenvalue weighted by molar-refractivity contribution is 0.251. The van der Waals surface area contributed by atoms with Gasteiger partial charge < -0.3 is 15.1 Å². The molecule has 0 aliphatic rings. The molecular weight excluding hydrogens is 242 g/mol. The number of nitrogens with zero attached hydrogens (tertiary/aromatic N) is 1. The van der Waals surface area contributed by atoms with Crippen LogP contribution >= 0.6 is 0 Å². The van der Waals surface area contributed by atoms with E-state index in [-0.39, 0.29) is 6.03 Å². The second kappa shape index (κ2) is 6.26. The van der Waals surface area contributed by atoms with E-state index in [1.807, 2.05) is 12.1 Å². The first-order valence-electron chi connectivity index (χ1n) is 5.81. The lowest BCUT2D eigenvalue weighted by atomic mass is 10.1. The van der Waals surface area contributed by atoms with Crippen LogP contribution in [0, 0.1) is 11.3 Å². The predicted molar refractivity (Wildman–Crippen MR) is 70.3 cm³/mol. The minimum absolute atomic E-state index is 0.301. The van der Waals surface area contributed by atoms with Crippen molar-refractivity contribution in [3.63, 3.8) is 0 Å². The molecule has 0 aliphatic carbocycles. The Morgan fingerprint density at radius 3 is 2.68 bits per heavy atom. The molecule has 0 saturated carbocycles. The molecule has 0 bridgehead atoms. The second-order valence-electron chi connectivity index (χ2n) is 3.92. The summed E-state index contributed by atoms with van der Waals surface area (Å²) in [6.45, 7) is 0.339. The molecule has 0 saturated heterocycles. The van der Waals surface area contributed by atoms with Gasteiger partial charge >= 0.3 is 6.03 Å². The molecular formula is C14H13N3O2. The normalized spacial score (nSPS) is 9.63. The smallest absolute Gasteiger partial charge is 0.319 e. The summed E-state index contributed by atoms with van der Waals surface area (Å²) in [6, 6.07) is 12.5. The van der Waals surface area contributed by atoms with Crippen LogP contribution in [0.15, 0.2) is 47.1 Å². The molecule has 1 aromatic carbocycles. The first-order chi connectivity index (χ1) is 9.28. The van der Waals surface area contributed by atoms with Crippen LogP contribution in [0.1, 0.15) is 11.3 Å². The number of nitriles is 1. The number of rotatable bonds is 4. The topological polar surface area (TPSA) is 78.1 Å². The van der Waals surface area contributed by atoms with E-state index in [9.17, 15) is 4.79 Å². The zero-order valence-electron chi connectivity index (χ0n) is 10.2. The standard InChI is InChI=1S/C14H13N3O2/c15-8-7-11-3-5-12(6-4-11)17-14(18)16-10-13-2-1-9-19-13/h1-6,9H,7,10H2,(H2,16,17,18). The van der Waals surface area contributed by atoms with Gasteiger partial charge in [-0.1, -0.05) is 12.1 Å². The fraction of sp³-hybridized carbons (Fsp3) is 0.143. The maximum atomic E-state index is 11.6. The van der Waals surface area contributed by atoms with E-state index in [4.69, 9.17) is 9.68 Å². The van der Waals surface area contributed by atoms with Crippen LogP contribution in [0.2, 0.25) is 0 Å². The largest absolute Gasteiger partial charge is 0.467 e. The fourth-order valence-corrected chi connectivity index (χ4v) is 1.55. The zero-order valence-corrected chi connectivity index (χ0v) is 10.2. The molecule has 5 nitrogen and oxygen atoms in total. The van der Waals surface area contributed by atoms with Gasteiger partial charge in [0.2, 0.25) is 0 Å². The highest BCUT2D eigenvalue weighted by atomic mass is 16.3. The number of anilines is 1. The van der Waals surface area contributed by atoms with Gasteiger partial charge in [0.15, 0.2) is 0 Å². The number of urea groups is 1. The van der Waals surface area contributed by atoms with Crippen LogP contribution in [0.25, 0.3) is 0 Å². The first kappa shape index (κ1) is 12.7. The van der Waals surface area contributed by atoms with Crippen LogP contribution in [-0.2, 0) is 13.0 Å². The Morgan fingerprint density at radius 1 is 1.26 bits per heavy atom. The maximum absolute atomic E-state index is 11.6. The average molecular weight is 255 g/mol. The summed E-state index contributed by atoms with van der Waals surface area (Å²) >= 11 is 0. The number of carbonyl (C=O) groups is 1. The van der Waals surface area contributed by atoms with Gasteiger partial charge in [-0.2, -0.15) is 5.26 Å². The Labute approximate surface area is 110 Å². The van der Waals surface area contributed by atoms with Crippen molar-refractivity contribution < 1.29 is 9.21 Å². The number of benzene rings is 1. The van der Waals surface area contributed by atoms with Crippen molar-refractivity contribution >= 4 is 11.7 Å². The monoisotopic (exact) mass is 255 g/mol. The minimum atomic E-state index is -0.301. The average Bonchev–Trinajstić information content (AvgIpc) is 2.92. The number of nitrogens with one attached hydrogen (secondary N) is 2. The minimum Gasteiger partial charge on any atom is -0.467 e. The molecule has 2 rings (SSSR count). The van der Waals surface area contributed by atoms with E-state index in [1.54, 1.807) is 30.5 Å². The molecule has 0 aliphatic heterocycles. The van der Waals surface area contributed by atoms with Crippen molar-refractivity contribution in [2.75, 3.05) is 5.32 Å². The van der Waals surface area contributed by atoms with E-state index in [1.165, 1.54) is 0 Å². The lowest BCUT2D eigenvalue weighted by Crippen LogP contribution is -2.27. The third kappa shape index (κ3) is 3.89. The summed E-state index contributed by atoms with van der Waals surface area (Å²) in [5.41, 5.74) is 1.60. The van der Waals surface area contributed by atoms with Crippen molar-refractivity contribution in [3.05, 3.63) is 54.0 Å². The quantitative estimate of drug-likeness (QED) is 0.881. The van der Waals surface area contributed by atoms with E-state index in [0.717, 1.165) is 5.56 Å². The number of amides is 2. The summed E-state index contributed by atoms with van der Waals surface area (Å²) in [5, 5.41) is 13.9. The maximum Gasteiger partial charge on any atom is 0.319 e. The molecule has 19 heavy (non-hydrogen) atoms. The van der Waals surface area contributed by atoms with Crippen molar-refractivity contribution in [2.24, 2.45) is 0 Å². The molecule has 5 heteroatoms. The third-order valence-corrected chi connectivity index (χ3v) is 2.50. The van der Waals surface area contributed by atoms with E-state index in [0.29, 0.717) is 24.4 Å². The van der Waals surface area contributed by atoms with Gasteiger partial charge in [-0.25, -0.2) is 4.79 Å². The van der Waals surface area contributed by atoms with E-state index < -0.39 is 0 Å². The second-order valence-corrected chi connectivity index (χ2v) is 3.92. The lowest BCUT2D eigenvalue weighted by Gasteiger charge is -2.06. The zero-order chi connectivity index (χ0) is 13.5. The van der Waals surface area contributed by atoms with Gasteiger partial charge in [0.05, 0.1) is 25.3 Å². The van der Waals surface area contributed by atoms with E-state index in [2.05, 4.69) is 16.7 Å². The summed E-state index contributed by atoms with van der Waals surface area (Å²) in [4.78, 5) is 11.6. The van der Waals surface area contributed by atoms with Crippen molar-refractivity contribution in [1.29, 1.82) is 5.26 Å². The summed E-state index contributed by atoms with van der Waals surface area (Å²) in [7, 11) is 0. The summed E-state index contributed by atoms with van der Waals surface area (Å²) in [6.07, 6.45) is 1.92. The molecule has 0 fully saturated rings. The molecule has 2 aromatic rings. The molecule has 0 atom stereocenters. The first-order valence-corrected chi connectivity index (χ1v) is 5.81. The Kier molecular flexibility index (Phi) is 4.19. The highest BCUT2D eigenvalue weighted by Crippen LogP contribution is 2.09. The molecule has 2 amide bonds. The van der Waals surface area contributed by atoms with E-state index >= 15 is 0 Å². The highest BCUT2D eigenvalue weighted by Gasteiger charge is 2.02. The SMILES string of the molecule is N#CCc1ccc(NC(=O)NCc2ccco2)cc1. The molecule has 0 radical (unpaired) electrons. The fourth-order valence-electron chi connectivity index (χ4n) is 1.55. The number of hydrogen-bond acceptors (Lipinski definition) is 3. The summed E-state index contributed by atoms with van der Waals surface area (Å²) in [5.74, 6) is 0.694. The Balaban J connectivity index is 1.83. The van der Waals surface area contributed by atoms with Crippen LogP contribution in [-0.4, -0.2) is 6.03 Å². The van der Waals surface area contributed by atoms with Crippen LogP contribution in [0.3, 0.4) is 0 Å².